The molecule has 0 amide bonds. The smallest absolute Gasteiger partial charge is 0.301 e. The molecular formula is C16H10N4OS. The van der Waals surface area contributed by atoms with Gasteiger partial charge < -0.3 is 5.32 Å². The van der Waals surface area contributed by atoms with Crippen LogP contribution in [0.5, 0.6) is 0 Å². The maximum Gasteiger partial charge on any atom is 0.301 e. The van der Waals surface area contributed by atoms with Crippen molar-refractivity contribution >= 4 is 43.5 Å². The maximum atomic E-state index is 12.2. The molecule has 0 aliphatic rings. The van der Waals surface area contributed by atoms with Crippen molar-refractivity contribution in [1.82, 2.24) is 15.0 Å². The molecule has 0 radical (unpaired) electrons. The summed E-state index contributed by atoms with van der Waals surface area (Å²) in [6.45, 7) is 0. The van der Waals surface area contributed by atoms with E-state index in [2.05, 4.69) is 20.3 Å². The van der Waals surface area contributed by atoms with Crippen LogP contribution in [0.15, 0.2) is 59.4 Å². The molecule has 0 saturated heterocycles. The molecule has 0 spiro atoms. The van der Waals surface area contributed by atoms with Gasteiger partial charge in [0.05, 0.1) is 11.0 Å². The molecule has 5 nitrogen and oxygen atoms in total. The van der Waals surface area contributed by atoms with Gasteiger partial charge >= 0.3 is 5.56 Å². The Morgan fingerprint density at radius 1 is 0.818 bits per heavy atom. The Hall–Kier alpha value is -2.86. The Morgan fingerprint density at radius 3 is 2.27 bits per heavy atom. The van der Waals surface area contributed by atoms with E-state index in [9.17, 15) is 4.79 Å². The highest BCUT2D eigenvalue weighted by atomic mass is 32.1. The van der Waals surface area contributed by atoms with Crippen LogP contribution < -0.4 is 10.9 Å². The second kappa shape index (κ2) is 5.16. The third-order valence-electron chi connectivity index (χ3n) is 3.16. The Bertz CT molecular complexity index is 1030. The fourth-order valence-electron chi connectivity index (χ4n) is 2.15. The number of hydrogen-bond donors (Lipinski definition) is 1. The first-order valence-corrected chi connectivity index (χ1v) is 7.51. The Balaban J connectivity index is 1.88. The minimum atomic E-state index is -0.370. The Kier molecular flexibility index (Phi) is 3.01. The lowest BCUT2D eigenvalue weighted by molar-refractivity contribution is 1.26. The first-order chi connectivity index (χ1) is 10.8. The van der Waals surface area contributed by atoms with E-state index in [4.69, 9.17) is 0 Å². The van der Waals surface area contributed by atoms with Crippen LogP contribution in [0.4, 0.5) is 10.8 Å². The summed E-state index contributed by atoms with van der Waals surface area (Å²) >= 11 is 1.31. The van der Waals surface area contributed by atoms with E-state index in [0.29, 0.717) is 21.0 Å². The second-order valence-corrected chi connectivity index (χ2v) is 5.66. The first kappa shape index (κ1) is 12.8. The number of rotatable bonds is 2. The molecule has 0 aliphatic carbocycles. The van der Waals surface area contributed by atoms with Crippen LogP contribution in [-0.2, 0) is 0 Å². The summed E-state index contributed by atoms with van der Waals surface area (Å²) in [4.78, 5) is 25.7. The topological polar surface area (TPSA) is 67.8 Å². The summed E-state index contributed by atoms with van der Waals surface area (Å²) in [6.07, 6.45) is 0. The molecule has 2 aromatic heterocycles. The van der Waals surface area contributed by atoms with Gasteiger partial charge in [0.15, 0.2) is 15.5 Å². The molecule has 0 aliphatic heterocycles. The molecule has 0 unspecified atom stereocenters. The van der Waals surface area contributed by atoms with E-state index in [-0.39, 0.29) is 5.56 Å². The van der Waals surface area contributed by atoms with E-state index in [1.54, 1.807) is 0 Å². The standard InChI is InChI=1S/C16H10N4OS/c21-14-13-15(19-12-9-5-4-8-11(12)18-13)22-16(20-14)17-10-6-2-1-3-7-10/h1-9H,(H,17,20,21). The van der Waals surface area contributed by atoms with Crippen molar-refractivity contribution in [3.05, 3.63) is 65.0 Å². The predicted octanol–water partition coefficient (Wildman–Crippen LogP) is 3.34. The monoisotopic (exact) mass is 306 g/mol. The van der Waals surface area contributed by atoms with Gasteiger partial charge in [-0.25, -0.2) is 9.97 Å². The van der Waals surface area contributed by atoms with Crippen LogP contribution in [0.2, 0.25) is 0 Å². The number of hydrogen-bond acceptors (Lipinski definition) is 6. The third kappa shape index (κ3) is 2.29. The Labute approximate surface area is 129 Å². The zero-order chi connectivity index (χ0) is 14.9. The number of para-hydroxylation sites is 3. The summed E-state index contributed by atoms with van der Waals surface area (Å²) in [6, 6.07) is 17.1. The van der Waals surface area contributed by atoms with E-state index in [1.807, 2.05) is 54.6 Å². The number of benzene rings is 2. The van der Waals surface area contributed by atoms with Gasteiger partial charge in [-0.1, -0.05) is 41.7 Å². The van der Waals surface area contributed by atoms with Crippen LogP contribution in [0, 0.1) is 0 Å². The molecule has 0 fully saturated rings. The van der Waals surface area contributed by atoms with Crippen molar-refractivity contribution in [2.24, 2.45) is 0 Å². The number of nitrogens with zero attached hydrogens (tertiary/aromatic N) is 3. The van der Waals surface area contributed by atoms with Crippen molar-refractivity contribution < 1.29 is 0 Å². The van der Waals surface area contributed by atoms with Crippen LogP contribution in [0.25, 0.3) is 21.4 Å². The number of nitrogens with one attached hydrogen (secondary N) is 1. The first-order valence-electron chi connectivity index (χ1n) is 6.69. The lowest BCUT2D eigenvalue weighted by atomic mass is 10.3. The highest BCUT2D eigenvalue weighted by molar-refractivity contribution is 7.21. The van der Waals surface area contributed by atoms with E-state index in [1.165, 1.54) is 11.3 Å². The summed E-state index contributed by atoms with van der Waals surface area (Å²) in [7, 11) is 0. The molecule has 0 saturated carbocycles. The highest BCUT2D eigenvalue weighted by Gasteiger charge is 2.09. The molecule has 6 heteroatoms. The molecule has 1 N–H and O–H groups in total. The summed E-state index contributed by atoms with van der Waals surface area (Å²) in [5, 5.41) is 3.63. The largest absolute Gasteiger partial charge is 0.331 e. The quantitative estimate of drug-likeness (QED) is 0.575. The molecule has 4 rings (SSSR count). The van der Waals surface area contributed by atoms with E-state index < -0.39 is 0 Å². The van der Waals surface area contributed by atoms with Crippen molar-refractivity contribution in [2.45, 2.75) is 0 Å². The van der Waals surface area contributed by atoms with Gasteiger partial charge in [-0.05, 0) is 24.3 Å². The number of anilines is 2. The van der Waals surface area contributed by atoms with Crippen molar-refractivity contribution in [3.8, 4) is 0 Å². The second-order valence-electron chi connectivity index (χ2n) is 4.68. The number of aromatic nitrogens is 3. The van der Waals surface area contributed by atoms with Gasteiger partial charge in [0.1, 0.15) is 0 Å². The van der Waals surface area contributed by atoms with Crippen LogP contribution >= 0.6 is 11.3 Å². The minimum absolute atomic E-state index is 0.308. The van der Waals surface area contributed by atoms with E-state index >= 15 is 0 Å². The molecule has 22 heavy (non-hydrogen) atoms. The average Bonchev–Trinajstić information content (AvgIpc) is 2.54. The zero-order valence-electron chi connectivity index (χ0n) is 11.4. The molecule has 0 bridgehead atoms. The Morgan fingerprint density at radius 2 is 1.50 bits per heavy atom. The summed E-state index contributed by atoms with van der Waals surface area (Å²) in [5.74, 6) is 0. The number of fused-ring (bicyclic) bond motifs is 2. The molecule has 2 heterocycles. The van der Waals surface area contributed by atoms with Crippen LogP contribution in [-0.4, -0.2) is 15.0 Å². The fourth-order valence-corrected chi connectivity index (χ4v) is 3.01. The van der Waals surface area contributed by atoms with Crippen molar-refractivity contribution in [1.29, 1.82) is 0 Å². The molecule has 106 valence electrons. The van der Waals surface area contributed by atoms with Crippen molar-refractivity contribution in [3.63, 3.8) is 0 Å². The van der Waals surface area contributed by atoms with Crippen LogP contribution in [0.1, 0.15) is 0 Å². The van der Waals surface area contributed by atoms with Crippen LogP contribution in [0.3, 0.4) is 0 Å². The van der Waals surface area contributed by atoms with Gasteiger partial charge in [-0.15, -0.1) is 0 Å². The van der Waals surface area contributed by atoms with Gasteiger partial charge in [-0.3, -0.25) is 4.79 Å². The summed E-state index contributed by atoms with van der Waals surface area (Å²) < 4.78 is 0. The maximum absolute atomic E-state index is 12.2. The zero-order valence-corrected chi connectivity index (χ0v) is 12.2. The molecular weight excluding hydrogens is 296 g/mol. The SMILES string of the molecule is O=c1nc(Nc2ccccc2)sc2nc3ccccc3nc12. The van der Waals surface area contributed by atoms with E-state index in [0.717, 1.165) is 11.2 Å². The van der Waals surface area contributed by atoms with Crippen molar-refractivity contribution in [2.75, 3.05) is 5.32 Å². The highest BCUT2D eigenvalue weighted by Crippen LogP contribution is 2.23. The van der Waals surface area contributed by atoms with Gasteiger partial charge in [0.25, 0.3) is 0 Å². The lowest BCUT2D eigenvalue weighted by Gasteiger charge is -2.05. The van der Waals surface area contributed by atoms with Gasteiger partial charge in [0, 0.05) is 5.69 Å². The predicted molar refractivity (Wildman–Crippen MR) is 88.7 cm³/mol. The lowest BCUT2D eigenvalue weighted by Crippen LogP contribution is -2.10. The molecule has 0 atom stereocenters. The van der Waals surface area contributed by atoms with Gasteiger partial charge in [0.2, 0.25) is 0 Å². The molecule has 4 aromatic rings. The average molecular weight is 306 g/mol. The normalized spacial score (nSPS) is 10.9. The molecule has 2 aromatic carbocycles. The summed E-state index contributed by atoms with van der Waals surface area (Å²) in [5.41, 5.74) is 2.28. The minimum Gasteiger partial charge on any atom is -0.331 e. The third-order valence-corrected chi connectivity index (χ3v) is 4.03. The van der Waals surface area contributed by atoms with Gasteiger partial charge in [-0.2, -0.15) is 4.98 Å². The fraction of sp³-hybridized carbons (Fsp3) is 0.